The van der Waals surface area contributed by atoms with Crippen LogP contribution in [-0.2, 0) is 5.41 Å². The summed E-state index contributed by atoms with van der Waals surface area (Å²) in [4.78, 5) is 11.0. The second-order valence-corrected chi connectivity index (χ2v) is 4.95. The maximum atomic E-state index is 13.0. The lowest BCUT2D eigenvalue weighted by molar-refractivity contribution is -0.531. The number of nitrogens with zero attached hydrogens (tertiary/aromatic N) is 1. The van der Waals surface area contributed by atoms with E-state index >= 15 is 0 Å². The van der Waals surface area contributed by atoms with Crippen LogP contribution in [0.4, 0.5) is 4.39 Å². The van der Waals surface area contributed by atoms with Crippen LogP contribution in [0.25, 0.3) is 0 Å². The summed E-state index contributed by atoms with van der Waals surface area (Å²) in [5, 5.41) is 11.3. The normalized spacial score (nSPS) is 27.4. The fourth-order valence-corrected chi connectivity index (χ4v) is 3.02. The van der Waals surface area contributed by atoms with Crippen molar-refractivity contribution < 1.29 is 9.31 Å². The van der Waals surface area contributed by atoms with E-state index in [2.05, 4.69) is 6.58 Å². The fraction of sp³-hybridized carbons (Fsp3) is 0.429. The van der Waals surface area contributed by atoms with Crippen molar-refractivity contribution in [3.8, 4) is 0 Å². The van der Waals surface area contributed by atoms with Crippen LogP contribution in [-0.4, -0.2) is 11.0 Å². The molecule has 0 heterocycles. The minimum Gasteiger partial charge on any atom is -0.264 e. The van der Waals surface area contributed by atoms with Gasteiger partial charge in [0.15, 0.2) is 0 Å². The van der Waals surface area contributed by atoms with Gasteiger partial charge in [0, 0.05) is 11.3 Å². The molecule has 1 fully saturated rings. The lowest BCUT2D eigenvalue weighted by Gasteiger charge is -2.29. The molecule has 0 amide bonds. The molecule has 1 aromatic rings. The molecule has 2 atom stereocenters. The average molecular weight is 249 g/mol. The van der Waals surface area contributed by atoms with E-state index in [1.807, 2.05) is 6.92 Å². The van der Waals surface area contributed by atoms with E-state index in [0.29, 0.717) is 19.3 Å². The van der Waals surface area contributed by atoms with Crippen molar-refractivity contribution >= 4 is 0 Å². The molecule has 0 spiro atoms. The van der Waals surface area contributed by atoms with E-state index in [1.54, 1.807) is 12.1 Å². The van der Waals surface area contributed by atoms with Crippen LogP contribution in [0.1, 0.15) is 31.7 Å². The van der Waals surface area contributed by atoms with Crippen molar-refractivity contribution in [1.82, 2.24) is 0 Å². The fourth-order valence-electron chi connectivity index (χ4n) is 3.02. The van der Waals surface area contributed by atoms with Gasteiger partial charge in [0.05, 0.1) is 5.41 Å². The molecule has 96 valence electrons. The third-order valence-corrected chi connectivity index (χ3v) is 3.99. The molecule has 0 aromatic heterocycles. The topological polar surface area (TPSA) is 43.1 Å². The Balaban J connectivity index is 2.49. The van der Waals surface area contributed by atoms with Gasteiger partial charge in [-0.15, -0.1) is 0 Å². The molecule has 1 saturated carbocycles. The van der Waals surface area contributed by atoms with Gasteiger partial charge in [0.1, 0.15) is 5.82 Å². The summed E-state index contributed by atoms with van der Waals surface area (Å²) in [6, 6.07) is 5.40. The first-order chi connectivity index (χ1) is 8.49. The molecule has 1 aromatic carbocycles. The monoisotopic (exact) mass is 249 g/mol. The Morgan fingerprint density at radius 1 is 1.50 bits per heavy atom. The molecular formula is C14H16FNO2. The Bertz CT molecular complexity index is 483. The zero-order valence-corrected chi connectivity index (χ0v) is 10.4. The molecular weight excluding hydrogens is 233 g/mol. The maximum Gasteiger partial charge on any atom is 0.226 e. The third-order valence-electron chi connectivity index (χ3n) is 3.99. The first-order valence-electron chi connectivity index (χ1n) is 6.06. The van der Waals surface area contributed by atoms with Crippen LogP contribution < -0.4 is 0 Å². The molecule has 0 unspecified atom stereocenters. The summed E-state index contributed by atoms with van der Waals surface area (Å²) in [5.74, 6) is -0.320. The Labute approximate surface area is 105 Å². The average Bonchev–Trinajstić information content (AvgIpc) is 2.68. The van der Waals surface area contributed by atoms with E-state index < -0.39 is 11.5 Å². The summed E-state index contributed by atoms with van der Waals surface area (Å²) in [6.07, 6.45) is 1.68. The van der Waals surface area contributed by atoms with E-state index in [1.165, 1.54) is 12.1 Å². The highest BCUT2D eigenvalue weighted by molar-refractivity contribution is 5.33. The highest BCUT2D eigenvalue weighted by Gasteiger charge is 2.51. The molecule has 4 heteroatoms. The van der Waals surface area contributed by atoms with Crippen molar-refractivity contribution in [2.45, 2.75) is 37.6 Å². The molecule has 0 N–H and O–H groups in total. The Morgan fingerprint density at radius 2 is 2.11 bits per heavy atom. The summed E-state index contributed by atoms with van der Waals surface area (Å²) in [5.41, 5.74) is 1.21. The predicted molar refractivity (Wildman–Crippen MR) is 67.5 cm³/mol. The van der Waals surface area contributed by atoms with Gasteiger partial charge in [-0.2, -0.15) is 0 Å². The predicted octanol–water partition coefficient (Wildman–Crippen LogP) is 3.47. The molecule has 1 aliphatic carbocycles. The van der Waals surface area contributed by atoms with Crippen LogP contribution in [0.15, 0.2) is 36.4 Å². The largest absolute Gasteiger partial charge is 0.264 e. The standard InChI is InChI=1S/C14H16FNO2/c1-3-14(11-4-6-12(15)7-5-11)9-10(2)8-13(14)16(17)18/h4-7,13H,2-3,8-9H2,1H3/t13-,14+/m0/s1. The number of benzene rings is 1. The second-order valence-electron chi connectivity index (χ2n) is 4.95. The van der Waals surface area contributed by atoms with Gasteiger partial charge < -0.3 is 0 Å². The Kier molecular flexibility index (Phi) is 3.20. The van der Waals surface area contributed by atoms with Crippen LogP contribution in [0.5, 0.6) is 0 Å². The summed E-state index contributed by atoms with van der Waals surface area (Å²) in [6.45, 7) is 5.84. The Morgan fingerprint density at radius 3 is 2.61 bits per heavy atom. The van der Waals surface area contributed by atoms with Gasteiger partial charge in [-0.3, -0.25) is 10.1 Å². The van der Waals surface area contributed by atoms with Gasteiger partial charge in [-0.25, -0.2) is 4.39 Å². The molecule has 1 aliphatic rings. The van der Waals surface area contributed by atoms with Crippen molar-refractivity contribution in [3.63, 3.8) is 0 Å². The molecule has 3 nitrogen and oxygen atoms in total. The van der Waals surface area contributed by atoms with Crippen LogP contribution >= 0.6 is 0 Å². The Hall–Kier alpha value is -1.71. The number of hydrogen-bond donors (Lipinski definition) is 0. The molecule has 0 bridgehead atoms. The summed E-state index contributed by atoms with van der Waals surface area (Å²) >= 11 is 0. The molecule has 0 aliphatic heterocycles. The van der Waals surface area contributed by atoms with Gasteiger partial charge >= 0.3 is 0 Å². The first-order valence-corrected chi connectivity index (χ1v) is 6.06. The second kappa shape index (κ2) is 4.52. The van der Waals surface area contributed by atoms with Crippen LogP contribution in [0, 0.1) is 15.9 Å². The molecule has 0 saturated heterocycles. The van der Waals surface area contributed by atoms with Gasteiger partial charge in [0.2, 0.25) is 6.04 Å². The van der Waals surface area contributed by atoms with Gasteiger partial charge in [-0.1, -0.05) is 31.2 Å². The number of nitro groups is 1. The number of hydrogen-bond acceptors (Lipinski definition) is 2. The molecule has 2 rings (SSSR count). The number of halogens is 1. The summed E-state index contributed by atoms with van der Waals surface area (Å²) in [7, 11) is 0. The SMILES string of the molecule is C=C1C[C@H]([N+](=O)[O-])[C@@](CC)(c2ccc(F)cc2)C1. The van der Waals surface area contributed by atoms with Gasteiger partial charge in [-0.05, 0) is 30.5 Å². The minimum atomic E-state index is -0.652. The van der Waals surface area contributed by atoms with Crippen molar-refractivity contribution in [2.75, 3.05) is 0 Å². The lowest BCUT2D eigenvalue weighted by Crippen LogP contribution is -2.39. The van der Waals surface area contributed by atoms with Crippen LogP contribution in [0.3, 0.4) is 0 Å². The first kappa shape index (κ1) is 12.7. The zero-order chi connectivity index (χ0) is 13.3. The van der Waals surface area contributed by atoms with Crippen molar-refractivity contribution in [1.29, 1.82) is 0 Å². The smallest absolute Gasteiger partial charge is 0.226 e. The summed E-state index contributed by atoms with van der Waals surface area (Å²) < 4.78 is 13.0. The number of rotatable bonds is 3. The van der Waals surface area contributed by atoms with E-state index in [9.17, 15) is 14.5 Å². The highest BCUT2D eigenvalue weighted by Crippen LogP contribution is 2.47. The highest BCUT2D eigenvalue weighted by atomic mass is 19.1. The quantitative estimate of drug-likeness (QED) is 0.467. The third kappa shape index (κ3) is 1.92. The van der Waals surface area contributed by atoms with E-state index in [0.717, 1.165) is 11.1 Å². The molecule has 0 radical (unpaired) electrons. The van der Waals surface area contributed by atoms with Crippen molar-refractivity contribution in [3.05, 3.63) is 57.9 Å². The van der Waals surface area contributed by atoms with Gasteiger partial charge in [0.25, 0.3) is 0 Å². The lowest BCUT2D eigenvalue weighted by atomic mass is 9.74. The van der Waals surface area contributed by atoms with E-state index in [4.69, 9.17) is 0 Å². The maximum absolute atomic E-state index is 13.0. The van der Waals surface area contributed by atoms with Crippen molar-refractivity contribution in [2.24, 2.45) is 0 Å². The minimum absolute atomic E-state index is 0.217. The molecule has 18 heavy (non-hydrogen) atoms. The van der Waals surface area contributed by atoms with E-state index in [-0.39, 0.29) is 10.7 Å². The van der Waals surface area contributed by atoms with Crippen LogP contribution in [0.2, 0.25) is 0 Å². The zero-order valence-electron chi connectivity index (χ0n) is 10.4.